The van der Waals surface area contributed by atoms with Crippen LogP contribution in [0, 0.1) is 11.3 Å². The van der Waals surface area contributed by atoms with Gasteiger partial charge in [-0.3, -0.25) is 9.59 Å². The molecule has 0 aliphatic carbocycles. The van der Waals surface area contributed by atoms with Crippen molar-refractivity contribution < 1.29 is 14.3 Å². The summed E-state index contributed by atoms with van der Waals surface area (Å²) in [7, 11) is 1.65. The number of hydrogen-bond acceptors (Lipinski definition) is 4. The zero-order valence-corrected chi connectivity index (χ0v) is 13.5. The molecule has 4 heterocycles. The summed E-state index contributed by atoms with van der Waals surface area (Å²) in [4.78, 5) is 34.5. The van der Waals surface area contributed by atoms with Gasteiger partial charge in [0.15, 0.2) is 0 Å². The normalized spacial score (nSPS) is 26.4. The molecular weight excluding hydrogens is 308 g/mol. The van der Waals surface area contributed by atoms with Crippen molar-refractivity contribution in [2.24, 2.45) is 11.3 Å². The zero-order chi connectivity index (χ0) is 16.7. The summed E-state index contributed by atoms with van der Waals surface area (Å²) in [6.45, 7) is 2.05. The van der Waals surface area contributed by atoms with E-state index in [-0.39, 0.29) is 17.7 Å². The summed E-state index contributed by atoms with van der Waals surface area (Å²) >= 11 is 0. The van der Waals surface area contributed by atoms with Gasteiger partial charge < -0.3 is 19.9 Å². The Bertz CT molecular complexity index is 769. The Morgan fingerprint density at radius 2 is 2.38 bits per heavy atom. The predicted octanol–water partition coefficient (Wildman–Crippen LogP) is 0.788. The van der Waals surface area contributed by atoms with Gasteiger partial charge in [0.1, 0.15) is 11.3 Å². The van der Waals surface area contributed by atoms with Crippen LogP contribution in [0.1, 0.15) is 16.9 Å². The van der Waals surface area contributed by atoms with Crippen LogP contribution in [0.3, 0.4) is 0 Å². The summed E-state index contributed by atoms with van der Waals surface area (Å²) in [6.07, 6.45) is 2.34. The van der Waals surface area contributed by atoms with E-state index in [9.17, 15) is 9.59 Å². The van der Waals surface area contributed by atoms with Gasteiger partial charge in [-0.1, -0.05) is 0 Å². The van der Waals surface area contributed by atoms with Crippen LogP contribution in [0.5, 0.6) is 0 Å². The van der Waals surface area contributed by atoms with E-state index < -0.39 is 5.41 Å². The number of hydrogen-bond donors (Lipinski definition) is 2. The van der Waals surface area contributed by atoms with Crippen LogP contribution in [0.25, 0.3) is 11.0 Å². The van der Waals surface area contributed by atoms with Crippen molar-refractivity contribution in [1.82, 2.24) is 20.2 Å². The third-order valence-corrected chi connectivity index (χ3v) is 5.30. The first-order valence-corrected chi connectivity index (χ1v) is 8.17. The van der Waals surface area contributed by atoms with Crippen molar-refractivity contribution in [1.29, 1.82) is 0 Å². The highest BCUT2D eigenvalue weighted by Crippen LogP contribution is 2.42. The fraction of sp³-hybridized carbons (Fsp3) is 0.471. The molecule has 4 rings (SSSR count). The average molecular weight is 328 g/mol. The Labute approximate surface area is 139 Å². The van der Waals surface area contributed by atoms with Crippen molar-refractivity contribution in [3.63, 3.8) is 0 Å². The molecule has 2 amide bonds. The lowest BCUT2D eigenvalue weighted by Gasteiger charge is -2.36. The van der Waals surface area contributed by atoms with Gasteiger partial charge in [0, 0.05) is 44.2 Å². The maximum atomic E-state index is 12.9. The maximum absolute atomic E-state index is 12.9. The van der Waals surface area contributed by atoms with E-state index in [2.05, 4.69) is 15.3 Å². The van der Waals surface area contributed by atoms with Gasteiger partial charge in [0.2, 0.25) is 5.91 Å². The molecule has 2 aliphatic rings. The van der Waals surface area contributed by atoms with Gasteiger partial charge in [-0.15, -0.1) is 0 Å². The fourth-order valence-corrected chi connectivity index (χ4v) is 3.97. The maximum Gasteiger partial charge on any atom is 0.270 e. The number of carbonyl (C=O) groups is 2. The molecule has 0 radical (unpaired) electrons. The number of nitrogens with zero attached hydrogens (tertiary/aromatic N) is 2. The summed E-state index contributed by atoms with van der Waals surface area (Å²) < 4.78 is 5.55. The molecule has 2 saturated heterocycles. The van der Waals surface area contributed by atoms with Crippen molar-refractivity contribution >= 4 is 22.8 Å². The molecule has 2 aromatic heterocycles. The minimum Gasteiger partial charge on any atom is -0.381 e. The minimum atomic E-state index is -0.535. The molecule has 0 spiro atoms. The number of carbonyl (C=O) groups excluding carboxylic acids is 2. The molecule has 24 heavy (non-hydrogen) atoms. The van der Waals surface area contributed by atoms with E-state index in [0.717, 1.165) is 5.39 Å². The summed E-state index contributed by atoms with van der Waals surface area (Å²) in [6, 6.07) is 5.57. The van der Waals surface area contributed by atoms with Crippen LogP contribution < -0.4 is 5.32 Å². The predicted molar refractivity (Wildman–Crippen MR) is 87.4 cm³/mol. The molecule has 7 heteroatoms. The second-order valence-electron chi connectivity index (χ2n) is 6.57. The first-order chi connectivity index (χ1) is 11.6. The number of pyridine rings is 1. The highest BCUT2D eigenvalue weighted by Gasteiger charge is 2.54. The van der Waals surface area contributed by atoms with E-state index in [1.54, 1.807) is 18.1 Å². The van der Waals surface area contributed by atoms with E-state index in [1.807, 2.05) is 18.2 Å². The summed E-state index contributed by atoms with van der Waals surface area (Å²) in [5, 5.41) is 3.67. The highest BCUT2D eigenvalue weighted by atomic mass is 16.5. The van der Waals surface area contributed by atoms with Crippen molar-refractivity contribution in [2.45, 2.75) is 6.42 Å². The van der Waals surface area contributed by atoms with Gasteiger partial charge in [0.05, 0.1) is 12.0 Å². The van der Waals surface area contributed by atoms with Gasteiger partial charge in [-0.05, 0) is 24.6 Å². The first-order valence-electron chi connectivity index (χ1n) is 8.17. The smallest absolute Gasteiger partial charge is 0.270 e. The molecule has 2 atom stereocenters. The Hall–Kier alpha value is -2.41. The molecule has 2 aromatic rings. The number of ether oxygens (including phenoxy) is 1. The number of aromatic amines is 1. The molecule has 0 saturated carbocycles. The molecule has 2 N–H and O–H groups in total. The second-order valence-corrected chi connectivity index (χ2v) is 6.57. The number of fused-ring (bicyclic) bond motifs is 2. The molecule has 2 aliphatic heterocycles. The Morgan fingerprint density at radius 1 is 1.50 bits per heavy atom. The summed E-state index contributed by atoms with van der Waals surface area (Å²) in [5.74, 6) is -0.0484. The number of nitrogens with one attached hydrogen (secondary N) is 2. The molecule has 126 valence electrons. The van der Waals surface area contributed by atoms with Gasteiger partial charge in [-0.25, -0.2) is 4.98 Å². The van der Waals surface area contributed by atoms with Gasteiger partial charge in [-0.2, -0.15) is 0 Å². The number of H-pyrrole nitrogens is 1. The molecular formula is C17H20N4O3. The van der Waals surface area contributed by atoms with Crippen molar-refractivity contribution in [2.75, 3.05) is 33.4 Å². The van der Waals surface area contributed by atoms with Crippen LogP contribution in [-0.4, -0.2) is 60.0 Å². The first kappa shape index (κ1) is 15.1. The fourth-order valence-electron chi connectivity index (χ4n) is 3.97. The van der Waals surface area contributed by atoms with Gasteiger partial charge >= 0.3 is 0 Å². The lowest BCUT2D eigenvalue weighted by molar-refractivity contribution is -0.138. The molecule has 2 fully saturated rings. The Balaban J connectivity index is 1.62. The van der Waals surface area contributed by atoms with Crippen LogP contribution in [-0.2, 0) is 9.53 Å². The van der Waals surface area contributed by atoms with E-state index in [0.29, 0.717) is 44.1 Å². The van der Waals surface area contributed by atoms with E-state index in [1.165, 1.54) is 0 Å². The number of rotatable bonds is 2. The van der Waals surface area contributed by atoms with Crippen molar-refractivity contribution in [3.05, 3.63) is 30.1 Å². The molecule has 7 nitrogen and oxygen atoms in total. The van der Waals surface area contributed by atoms with Crippen molar-refractivity contribution in [3.8, 4) is 0 Å². The van der Waals surface area contributed by atoms with Crippen LogP contribution in [0.15, 0.2) is 24.4 Å². The third-order valence-electron chi connectivity index (χ3n) is 5.30. The van der Waals surface area contributed by atoms with Crippen LogP contribution >= 0.6 is 0 Å². The number of likely N-dealkylation sites (tertiary alicyclic amines) is 1. The Morgan fingerprint density at radius 3 is 3.17 bits per heavy atom. The lowest BCUT2D eigenvalue weighted by Crippen LogP contribution is -2.49. The Kier molecular flexibility index (Phi) is 3.53. The molecule has 0 bridgehead atoms. The second kappa shape index (κ2) is 5.59. The highest BCUT2D eigenvalue weighted by molar-refractivity contribution is 5.98. The standard InChI is InChI=1S/C17H20N4O3/c1-18-16(23)17-4-6-24-9-12(17)8-21(10-17)15(22)13-7-11-3-2-5-19-14(11)20-13/h2-3,5,7,12H,4,6,8-10H2,1H3,(H,18,23)(H,19,20)/t12-,17+/m1/s1. The van der Waals surface area contributed by atoms with Crippen LogP contribution in [0.4, 0.5) is 0 Å². The van der Waals surface area contributed by atoms with Crippen LogP contribution in [0.2, 0.25) is 0 Å². The van der Waals surface area contributed by atoms with Gasteiger partial charge in [0.25, 0.3) is 5.91 Å². The molecule has 0 unspecified atom stereocenters. The third kappa shape index (κ3) is 2.19. The quantitative estimate of drug-likeness (QED) is 0.853. The minimum absolute atomic E-state index is 0.00409. The topological polar surface area (TPSA) is 87.3 Å². The van der Waals surface area contributed by atoms with E-state index >= 15 is 0 Å². The average Bonchev–Trinajstić information content (AvgIpc) is 3.22. The summed E-state index contributed by atoms with van der Waals surface area (Å²) in [5.41, 5.74) is 0.671. The SMILES string of the molecule is CNC(=O)[C@]12CCOC[C@H]1CN(C(=O)c1cc3cccnc3[nH]1)C2. The monoisotopic (exact) mass is 328 g/mol. The zero-order valence-electron chi connectivity index (χ0n) is 13.5. The number of amides is 2. The van der Waals surface area contributed by atoms with E-state index in [4.69, 9.17) is 4.74 Å². The largest absolute Gasteiger partial charge is 0.381 e. The molecule has 0 aromatic carbocycles. The number of aromatic nitrogens is 2. The lowest BCUT2D eigenvalue weighted by atomic mass is 9.73.